The zero-order chi connectivity index (χ0) is 13.1. The normalized spacial score (nSPS) is 10.2. The van der Waals surface area contributed by atoms with Gasteiger partial charge in [-0.15, -0.1) is 0 Å². The first-order chi connectivity index (χ1) is 8.56. The van der Waals surface area contributed by atoms with Gasteiger partial charge in [0.15, 0.2) is 0 Å². The van der Waals surface area contributed by atoms with E-state index >= 15 is 0 Å². The van der Waals surface area contributed by atoms with Gasteiger partial charge in [0, 0.05) is 17.4 Å². The van der Waals surface area contributed by atoms with E-state index in [0.717, 1.165) is 0 Å². The average molecular weight is 265 g/mol. The van der Waals surface area contributed by atoms with Crippen LogP contribution in [0.15, 0.2) is 36.5 Å². The number of halogens is 2. The molecule has 0 unspecified atom stereocenters. The fourth-order valence-electron chi connectivity index (χ4n) is 1.42. The van der Waals surface area contributed by atoms with Crippen LogP contribution in [0.2, 0.25) is 5.15 Å². The highest BCUT2D eigenvalue weighted by Gasteiger charge is 2.08. The summed E-state index contributed by atoms with van der Waals surface area (Å²) in [5, 5.41) is 2.82. The van der Waals surface area contributed by atoms with Crippen molar-refractivity contribution in [1.29, 1.82) is 0 Å². The quantitative estimate of drug-likeness (QED) is 0.845. The minimum absolute atomic E-state index is 0.234. The Labute approximate surface area is 109 Å². The van der Waals surface area contributed by atoms with E-state index < -0.39 is 0 Å². The second kappa shape index (κ2) is 5.14. The zero-order valence-electron chi connectivity index (χ0n) is 9.58. The molecule has 0 radical (unpaired) electrons. The summed E-state index contributed by atoms with van der Waals surface area (Å²) in [5.74, 6) is -0.719. The molecule has 0 atom stereocenters. The summed E-state index contributed by atoms with van der Waals surface area (Å²) in [6.07, 6.45) is 1.44. The molecule has 1 amide bonds. The van der Waals surface area contributed by atoms with Crippen molar-refractivity contribution in [3.63, 3.8) is 0 Å². The summed E-state index contributed by atoms with van der Waals surface area (Å²) >= 11 is 5.69. The first-order valence-corrected chi connectivity index (χ1v) is 5.63. The van der Waals surface area contributed by atoms with Crippen LogP contribution in [0.4, 0.5) is 10.1 Å². The van der Waals surface area contributed by atoms with E-state index in [4.69, 9.17) is 11.6 Å². The lowest BCUT2D eigenvalue weighted by atomic mass is 10.2. The van der Waals surface area contributed by atoms with Crippen LogP contribution < -0.4 is 5.32 Å². The second-order valence-corrected chi connectivity index (χ2v) is 4.17. The maximum Gasteiger partial charge on any atom is 0.255 e. The highest BCUT2D eigenvalue weighted by Crippen LogP contribution is 2.15. The number of pyridine rings is 1. The smallest absolute Gasteiger partial charge is 0.255 e. The molecule has 5 heteroatoms. The van der Waals surface area contributed by atoms with Crippen molar-refractivity contribution in [3.8, 4) is 0 Å². The van der Waals surface area contributed by atoms with Gasteiger partial charge in [0.1, 0.15) is 11.0 Å². The van der Waals surface area contributed by atoms with Crippen LogP contribution in [-0.2, 0) is 0 Å². The molecule has 0 saturated carbocycles. The summed E-state index contributed by atoms with van der Waals surface area (Å²) in [6, 6.07) is 7.49. The first kappa shape index (κ1) is 12.5. The Morgan fingerprint density at radius 3 is 2.78 bits per heavy atom. The van der Waals surface area contributed by atoms with Crippen LogP contribution in [0.3, 0.4) is 0 Å². The second-order valence-electron chi connectivity index (χ2n) is 3.79. The van der Waals surface area contributed by atoms with Gasteiger partial charge in [0.2, 0.25) is 0 Å². The Morgan fingerprint density at radius 2 is 2.11 bits per heavy atom. The minimum Gasteiger partial charge on any atom is -0.322 e. The lowest BCUT2D eigenvalue weighted by Crippen LogP contribution is -2.12. The van der Waals surface area contributed by atoms with Gasteiger partial charge < -0.3 is 5.32 Å². The van der Waals surface area contributed by atoms with Crippen LogP contribution in [0.1, 0.15) is 15.9 Å². The molecule has 1 heterocycles. The number of rotatable bonds is 2. The maximum atomic E-state index is 13.3. The number of nitrogens with one attached hydrogen (secondary N) is 1. The molecule has 2 rings (SSSR count). The van der Waals surface area contributed by atoms with Crippen molar-refractivity contribution in [3.05, 3.63) is 58.6 Å². The molecule has 2 aromatic rings. The fourth-order valence-corrected chi connectivity index (χ4v) is 1.59. The maximum absolute atomic E-state index is 13.3. The topological polar surface area (TPSA) is 42.0 Å². The standard InChI is InChI=1S/C13H10ClFN2O/c1-8-2-3-10(7-11(8)15)17-13(18)9-4-5-16-12(14)6-9/h2-7H,1H3,(H,17,18). The van der Waals surface area contributed by atoms with Crippen molar-refractivity contribution >= 4 is 23.2 Å². The van der Waals surface area contributed by atoms with Gasteiger partial charge in [0.25, 0.3) is 5.91 Å². The Hall–Kier alpha value is -1.94. The van der Waals surface area contributed by atoms with Crippen molar-refractivity contribution in [2.45, 2.75) is 6.92 Å². The third-order valence-corrected chi connectivity index (χ3v) is 2.63. The third kappa shape index (κ3) is 2.84. The van der Waals surface area contributed by atoms with Gasteiger partial charge in [-0.2, -0.15) is 0 Å². The van der Waals surface area contributed by atoms with Gasteiger partial charge in [-0.25, -0.2) is 9.37 Å². The summed E-state index contributed by atoms with van der Waals surface area (Å²) in [4.78, 5) is 15.6. The Bertz CT molecular complexity index is 601. The van der Waals surface area contributed by atoms with E-state index in [2.05, 4.69) is 10.3 Å². The number of nitrogens with zero attached hydrogens (tertiary/aromatic N) is 1. The Balaban J connectivity index is 2.18. The van der Waals surface area contributed by atoms with Gasteiger partial charge in [-0.1, -0.05) is 17.7 Å². The van der Waals surface area contributed by atoms with Gasteiger partial charge in [0.05, 0.1) is 0 Å². The number of hydrogen-bond acceptors (Lipinski definition) is 2. The van der Waals surface area contributed by atoms with Crippen molar-refractivity contribution in [2.24, 2.45) is 0 Å². The molecular formula is C13H10ClFN2O. The highest BCUT2D eigenvalue weighted by atomic mass is 35.5. The van der Waals surface area contributed by atoms with E-state index in [1.165, 1.54) is 24.4 Å². The van der Waals surface area contributed by atoms with E-state index in [-0.39, 0.29) is 16.9 Å². The van der Waals surface area contributed by atoms with Gasteiger partial charge in [-0.3, -0.25) is 4.79 Å². The van der Waals surface area contributed by atoms with Crippen molar-refractivity contribution in [1.82, 2.24) is 4.98 Å². The molecular weight excluding hydrogens is 255 g/mol. The van der Waals surface area contributed by atoms with Gasteiger partial charge >= 0.3 is 0 Å². The molecule has 1 aromatic carbocycles. The lowest BCUT2D eigenvalue weighted by molar-refractivity contribution is 0.102. The lowest BCUT2D eigenvalue weighted by Gasteiger charge is -2.06. The van der Waals surface area contributed by atoms with Crippen LogP contribution >= 0.6 is 11.6 Å². The molecule has 1 N–H and O–H groups in total. The van der Waals surface area contributed by atoms with Crippen molar-refractivity contribution in [2.75, 3.05) is 5.32 Å². The molecule has 92 valence electrons. The average Bonchev–Trinajstić information content (AvgIpc) is 2.34. The number of carbonyl (C=O) groups excluding carboxylic acids is 1. The summed E-state index contributed by atoms with van der Waals surface area (Å²) in [5.41, 5.74) is 1.30. The monoisotopic (exact) mass is 264 g/mol. The molecule has 0 aliphatic carbocycles. The molecule has 0 bridgehead atoms. The molecule has 1 aromatic heterocycles. The largest absolute Gasteiger partial charge is 0.322 e. The van der Waals surface area contributed by atoms with E-state index in [1.807, 2.05) is 0 Å². The molecule has 3 nitrogen and oxygen atoms in total. The van der Waals surface area contributed by atoms with E-state index in [9.17, 15) is 9.18 Å². The first-order valence-electron chi connectivity index (χ1n) is 5.25. The minimum atomic E-state index is -0.361. The Morgan fingerprint density at radius 1 is 1.33 bits per heavy atom. The number of amides is 1. The Kier molecular flexibility index (Phi) is 3.58. The molecule has 0 aliphatic heterocycles. The number of anilines is 1. The predicted octanol–water partition coefficient (Wildman–Crippen LogP) is 3.43. The summed E-state index contributed by atoms with van der Waals surface area (Å²) in [7, 11) is 0. The SMILES string of the molecule is Cc1ccc(NC(=O)c2ccnc(Cl)c2)cc1F. The molecule has 0 fully saturated rings. The van der Waals surface area contributed by atoms with E-state index in [0.29, 0.717) is 16.8 Å². The number of carbonyl (C=O) groups is 1. The van der Waals surface area contributed by atoms with Crippen LogP contribution in [0.5, 0.6) is 0 Å². The fraction of sp³-hybridized carbons (Fsp3) is 0.0769. The van der Waals surface area contributed by atoms with Crippen LogP contribution in [-0.4, -0.2) is 10.9 Å². The number of aryl methyl sites for hydroxylation is 1. The summed E-state index contributed by atoms with van der Waals surface area (Å²) < 4.78 is 13.3. The molecule has 18 heavy (non-hydrogen) atoms. The van der Waals surface area contributed by atoms with Gasteiger partial charge in [-0.05, 0) is 36.8 Å². The predicted molar refractivity (Wildman–Crippen MR) is 68.3 cm³/mol. The van der Waals surface area contributed by atoms with Crippen molar-refractivity contribution < 1.29 is 9.18 Å². The number of hydrogen-bond donors (Lipinski definition) is 1. The van der Waals surface area contributed by atoms with E-state index in [1.54, 1.807) is 19.1 Å². The third-order valence-electron chi connectivity index (χ3n) is 2.42. The molecule has 0 aliphatic rings. The summed E-state index contributed by atoms with van der Waals surface area (Å²) in [6.45, 7) is 1.66. The number of aromatic nitrogens is 1. The van der Waals surface area contributed by atoms with Crippen LogP contribution in [0.25, 0.3) is 0 Å². The molecule has 0 saturated heterocycles. The highest BCUT2D eigenvalue weighted by molar-refractivity contribution is 6.29. The number of benzene rings is 1. The zero-order valence-corrected chi connectivity index (χ0v) is 10.3. The van der Waals surface area contributed by atoms with Crippen LogP contribution in [0, 0.1) is 12.7 Å². The molecule has 0 spiro atoms.